The summed E-state index contributed by atoms with van der Waals surface area (Å²) in [5.74, 6) is 0.515. The summed E-state index contributed by atoms with van der Waals surface area (Å²) in [6, 6.07) is 0. The average molecular weight is 324 g/mol. The second kappa shape index (κ2) is 5.59. The fraction of sp³-hybridized carbons (Fsp3) is 0.533. The number of anilines is 1. The van der Waals surface area contributed by atoms with Crippen LogP contribution in [-0.2, 0) is 0 Å². The Morgan fingerprint density at radius 3 is 2.68 bits per heavy atom. The SMILES string of the molecule is Cc1nc(NCC2(N(C)C)CCC2)c2cnc(Cl)c(F)c2n1. The van der Waals surface area contributed by atoms with Crippen molar-refractivity contribution in [3.63, 3.8) is 0 Å². The highest BCUT2D eigenvalue weighted by Gasteiger charge is 2.38. The fourth-order valence-electron chi connectivity index (χ4n) is 2.90. The van der Waals surface area contributed by atoms with Gasteiger partial charge in [0.1, 0.15) is 17.2 Å². The average Bonchev–Trinajstić information content (AvgIpc) is 2.41. The standard InChI is InChI=1S/C15H19ClFN5/c1-9-20-12-10(7-18-13(16)11(12)17)14(21-9)19-8-15(22(2)3)5-4-6-15/h7H,4-6,8H2,1-3H3,(H,19,20,21). The largest absolute Gasteiger partial charge is 0.368 e. The van der Waals surface area contributed by atoms with Crippen molar-refractivity contribution in [2.75, 3.05) is 26.0 Å². The van der Waals surface area contributed by atoms with Crippen LogP contribution in [0.4, 0.5) is 10.2 Å². The molecule has 0 atom stereocenters. The minimum atomic E-state index is -0.598. The molecule has 1 aliphatic carbocycles. The first-order valence-electron chi connectivity index (χ1n) is 7.33. The summed E-state index contributed by atoms with van der Waals surface area (Å²) < 4.78 is 14.1. The maximum atomic E-state index is 14.1. The quantitative estimate of drug-likeness (QED) is 0.877. The molecule has 0 saturated heterocycles. The second-order valence-electron chi connectivity index (χ2n) is 6.07. The van der Waals surface area contributed by atoms with E-state index in [0.717, 1.165) is 19.4 Å². The van der Waals surface area contributed by atoms with E-state index in [1.807, 2.05) is 0 Å². The molecule has 0 radical (unpaired) electrons. The van der Waals surface area contributed by atoms with Crippen LogP contribution >= 0.6 is 11.6 Å². The summed E-state index contributed by atoms with van der Waals surface area (Å²) in [6.07, 6.45) is 5.04. The lowest BCUT2D eigenvalue weighted by Gasteiger charge is -2.47. The van der Waals surface area contributed by atoms with Gasteiger partial charge in [-0.25, -0.2) is 19.3 Å². The number of aryl methyl sites for hydroxylation is 1. The van der Waals surface area contributed by atoms with E-state index < -0.39 is 5.82 Å². The summed E-state index contributed by atoms with van der Waals surface area (Å²) in [4.78, 5) is 14.7. The maximum absolute atomic E-state index is 14.1. The van der Waals surface area contributed by atoms with E-state index in [9.17, 15) is 4.39 Å². The molecule has 1 aliphatic rings. The summed E-state index contributed by atoms with van der Waals surface area (Å²) in [6.45, 7) is 2.50. The minimum absolute atomic E-state index is 0.142. The van der Waals surface area contributed by atoms with Crippen molar-refractivity contribution in [3.05, 3.63) is 23.0 Å². The molecule has 1 N–H and O–H groups in total. The number of hydrogen-bond acceptors (Lipinski definition) is 5. The van der Waals surface area contributed by atoms with Gasteiger partial charge < -0.3 is 10.2 Å². The van der Waals surface area contributed by atoms with Crippen LogP contribution in [0.1, 0.15) is 25.1 Å². The zero-order valence-electron chi connectivity index (χ0n) is 13.0. The molecule has 0 aliphatic heterocycles. The van der Waals surface area contributed by atoms with Gasteiger partial charge in [-0.3, -0.25) is 0 Å². The molecule has 1 saturated carbocycles. The Bertz CT molecular complexity index is 715. The Morgan fingerprint density at radius 2 is 2.09 bits per heavy atom. The van der Waals surface area contributed by atoms with Gasteiger partial charge in [0.05, 0.1) is 5.39 Å². The van der Waals surface area contributed by atoms with Crippen LogP contribution in [0, 0.1) is 12.7 Å². The Labute approximate surface area is 133 Å². The van der Waals surface area contributed by atoms with E-state index in [-0.39, 0.29) is 16.2 Å². The summed E-state index contributed by atoms with van der Waals surface area (Å²) in [5, 5.41) is 3.75. The molecular weight excluding hydrogens is 305 g/mol. The van der Waals surface area contributed by atoms with Crippen LogP contribution in [0.3, 0.4) is 0 Å². The van der Waals surface area contributed by atoms with E-state index in [1.165, 1.54) is 12.6 Å². The lowest BCUT2D eigenvalue weighted by molar-refractivity contribution is 0.0738. The van der Waals surface area contributed by atoms with Crippen molar-refractivity contribution in [1.82, 2.24) is 19.9 Å². The van der Waals surface area contributed by atoms with Crippen LogP contribution in [0.2, 0.25) is 5.15 Å². The van der Waals surface area contributed by atoms with Gasteiger partial charge in [0.15, 0.2) is 11.0 Å². The van der Waals surface area contributed by atoms with E-state index in [0.29, 0.717) is 17.0 Å². The molecule has 118 valence electrons. The van der Waals surface area contributed by atoms with E-state index in [1.54, 1.807) is 6.92 Å². The summed E-state index contributed by atoms with van der Waals surface area (Å²) in [5.41, 5.74) is 0.353. The topological polar surface area (TPSA) is 53.9 Å². The van der Waals surface area contributed by atoms with E-state index in [4.69, 9.17) is 11.6 Å². The highest BCUT2D eigenvalue weighted by molar-refractivity contribution is 6.30. The zero-order valence-corrected chi connectivity index (χ0v) is 13.7. The highest BCUT2D eigenvalue weighted by Crippen LogP contribution is 2.36. The monoisotopic (exact) mass is 323 g/mol. The second-order valence-corrected chi connectivity index (χ2v) is 6.43. The van der Waals surface area contributed by atoms with Gasteiger partial charge in [0.25, 0.3) is 0 Å². The summed E-state index contributed by atoms with van der Waals surface area (Å²) >= 11 is 5.74. The Hall–Kier alpha value is -1.53. The van der Waals surface area contributed by atoms with Crippen LogP contribution in [-0.4, -0.2) is 46.0 Å². The third-order valence-corrected chi connectivity index (χ3v) is 4.83. The number of rotatable bonds is 4. The first kappa shape index (κ1) is 15.4. The number of fused-ring (bicyclic) bond motifs is 1. The number of nitrogens with one attached hydrogen (secondary N) is 1. The van der Waals surface area contributed by atoms with Crippen LogP contribution in [0.5, 0.6) is 0 Å². The molecule has 0 amide bonds. The smallest absolute Gasteiger partial charge is 0.186 e. The Kier molecular flexibility index (Phi) is 3.91. The maximum Gasteiger partial charge on any atom is 0.186 e. The molecule has 1 fully saturated rings. The van der Waals surface area contributed by atoms with Crippen molar-refractivity contribution in [1.29, 1.82) is 0 Å². The fourth-order valence-corrected chi connectivity index (χ4v) is 3.03. The van der Waals surface area contributed by atoms with Crippen molar-refractivity contribution in [2.45, 2.75) is 31.7 Å². The van der Waals surface area contributed by atoms with Gasteiger partial charge in [-0.2, -0.15) is 0 Å². The third kappa shape index (κ3) is 2.50. The van der Waals surface area contributed by atoms with Crippen LogP contribution in [0.15, 0.2) is 6.20 Å². The van der Waals surface area contributed by atoms with Gasteiger partial charge in [0, 0.05) is 18.3 Å². The van der Waals surface area contributed by atoms with Crippen LogP contribution < -0.4 is 5.32 Å². The van der Waals surface area contributed by atoms with Gasteiger partial charge >= 0.3 is 0 Å². The van der Waals surface area contributed by atoms with Crippen molar-refractivity contribution in [3.8, 4) is 0 Å². The Morgan fingerprint density at radius 1 is 1.36 bits per heavy atom. The first-order chi connectivity index (χ1) is 10.4. The first-order valence-corrected chi connectivity index (χ1v) is 7.70. The molecule has 2 heterocycles. The third-order valence-electron chi connectivity index (χ3n) is 4.57. The van der Waals surface area contributed by atoms with E-state index in [2.05, 4.69) is 39.3 Å². The Balaban J connectivity index is 1.95. The molecule has 0 bridgehead atoms. The number of aromatic nitrogens is 3. The van der Waals surface area contributed by atoms with Gasteiger partial charge in [-0.05, 0) is 40.3 Å². The predicted molar refractivity (Wildman–Crippen MR) is 85.8 cm³/mol. The summed E-state index contributed by atoms with van der Waals surface area (Å²) in [7, 11) is 4.18. The molecule has 3 rings (SSSR count). The predicted octanol–water partition coefficient (Wildman–Crippen LogP) is 3.02. The number of halogens is 2. The van der Waals surface area contributed by atoms with Crippen molar-refractivity contribution >= 4 is 28.3 Å². The highest BCUT2D eigenvalue weighted by atomic mass is 35.5. The zero-order chi connectivity index (χ0) is 15.9. The number of likely N-dealkylation sites (N-methyl/N-ethyl adjacent to an activating group) is 1. The number of nitrogens with zero attached hydrogens (tertiary/aromatic N) is 4. The molecular formula is C15H19ClFN5. The molecule has 2 aromatic rings. The lowest BCUT2D eigenvalue weighted by Crippen LogP contribution is -2.54. The van der Waals surface area contributed by atoms with E-state index >= 15 is 0 Å². The normalized spacial score (nSPS) is 16.8. The number of hydrogen-bond donors (Lipinski definition) is 1. The van der Waals surface area contributed by atoms with Gasteiger partial charge in [-0.1, -0.05) is 11.6 Å². The molecule has 5 nitrogen and oxygen atoms in total. The van der Waals surface area contributed by atoms with Crippen LogP contribution in [0.25, 0.3) is 10.9 Å². The molecule has 7 heteroatoms. The minimum Gasteiger partial charge on any atom is -0.368 e. The molecule has 0 aromatic carbocycles. The van der Waals surface area contributed by atoms with Gasteiger partial charge in [-0.15, -0.1) is 0 Å². The molecule has 0 unspecified atom stereocenters. The lowest BCUT2D eigenvalue weighted by atomic mass is 9.75. The molecule has 22 heavy (non-hydrogen) atoms. The van der Waals surface area contributed by atoms with Crippen molar-refractivity contribution < 1.29 is 4.39 Å². The molecule has 2 aromatic heterocycles. The number of pyridine rings is 1. The molecule has 0 spiro atoms. The van der Waals surface area contributed by atoms with Gasteiger partial charge in [0.2, 0.25) is 0 Å². The van der Waals surface area contributed by atoms with Crippen molar-refractivity contribution in [2.24, 2.45) is 0 Å².